The van der Waals surface area contributed by atoms with Crippen LogP contribution in [-0.2, 0) is 19.1 Å². The van der Waals surface area contributed by atoms with Gasteiger partial charge in [0.05, 0.1) is 12.7 Å². The molecule has 0 fully saturated rings. The molecule has 0 aromatic carbocycles. The monoisotopic (exact) mass is 212 g/mol. The van der Waals surface area contributed by atoms with E-state index in [4.69, 9.17) is 9.47 Å². The van der Waals surface area contributed by atoms with Gasteiger partial charge in [0.2, 0.25) is 0 Å². The van der Waals surface area contributed by atoms with Gasteiger partial charge >= 0.3 is 5.97 Å². The molecular weight excluding hydrogens is 196 g/mol. The summed E-state index contributed by atoms with van der Waals surface area (Å²) in [6.45, 7) is 3.59. The van der Waals surface area contributed by atoms with Gasteiger partial charge < -0.3 is 14.3 Å². The van der Waals surface area contributed by atoms with Crippen molar-refractivity contribution in [1.82, 2.24) is 0 Å². The van der Waals surface area contributed by atoms with E-state index in [1.54, 1.807) is 0 Å². The quantitative estimate of drug-likeness (QED) is 0.398. The van der Waals surface area contributed by atoms with E-state index in [-0.39, 0.29) is 24.1 Å². The SMILES string of the molecule is CC(=O)O[C@H]1C=C[C@@H](C[C@@H](C)C=O)OC1. The molecule has 3 atom stereocenters. The molecular formula is C11H16O4. The van der Waals surface area contributed by atoms with Crippen LogP contribution in [0.5, 0.6) is 0 Å². The largest absolute Gasteiger partial charge is 0.456 e. The lowest BCUT2D eigenvalue weighted by molar-refractivity contribution is -0.148. The van der Waals surface area contributed by atoms with Crippen LogP contribution in [0.3, 0.4) is 0 Å². The predicted octanol–water partition coefficient (Wildman–Crippen LogP) is 1.10. The number of rotatable bonds is 4. The third kappa shape index (κ3) is 4.25. The Morgan fingerprint density at radius 1 is 1.67 bits per heavy atom. The number of hydrogen-bond acceptors (Lipinski definition) is 4. The van der Waals surface area contributed by atoms with Crippen molar-refractivity contribution in [2.24, 2.45) is 5.92 Å². The molecule has 0 aliphatic carbocycles. The Balaban J connectivity index is 2.37. The van der Waals surface area contributed by atoms with Crippen molar-refractivity contribution in [2.45, 2.75) is 32.5 Å². The van der Waals surface area contributed by atoms with Crippen molar-refractivity contribution in [3.05, 3.63) is 12.2 Å². The summed E-state index contributed by atoms with van der Waals surface area (Å²) in [6, 6.07) is 0. The maximum atomic E-state index is 10.7. The van der Waals surface area contributed by atoms with Crippen LogP contribution >= 0.6 is 0 Å². The normalized spacial score (nSPS) is 27.1. The smallest absolute Gasteiger partial charge is 0.303 e. The lowest BCUT2D eigenvalue weighted by Crippen LogP contribution is -2.29. The predicted molar refractivity (Wildman–Crippen MR) is 54.3 cm³/mol. The van der Waals surface area contributed by atoms with E-state index >= 15 is 0 Å². The molecule has 1 aliphatic heterocycles. The molecule has 0 N–H and O–H groups in total. The van der Waals surface area contributed by atoms with Gasteiger partial charge in [-0.1, -0.05) is 13.0 Å². The fourth-order valence-corrected chi connectivity index (χ4v) is 1.43. The van der Waals surface area contributed by atoms with Crippen molar-refractivity contribution in [2.75, 3.05) is 6.61 Å². The zero-order chi connectivity index (χ0) is 11.3. The Hall–Kier alpha value is -1.16. The summed E-state index contributed by atoms with van der Waals surface area (Å²) < 4.78 is 10.4. The Morgan fingerprint density at radius 2 is 2.40 bits per heavy atom. The highest BCUT2D eigenvalue weighted by Crippen LogP contribution is 2.14. The minimum atomic E-state index is -0.312. The van der Waals surface area contributed by atoms with Crippen molar-refractivity contribution >= 4 is 12.3 Å². The minimum absolute atomic E-state index is 0.00933. The highest BCUT2D eigenvalue weighted by Gasteiger charge is 2.19. The second-order valence-corrected chi connectivity index (χ2v) is 3.75. The first-order valence-electron chi connectivity index (χ1n) is 5.04. The maximum Gasteiger partial charge on any atom is 0.303 e. The van der Waals surface area contributed by atoms with Crippen LogP contribution in [-0.4, -0.2) is 31.1 Å². The third-order valence-electron chi connectivity index (χ3n) is 2.17. The Labute approximate surface area is 89.2 Å². The highest BCUT2D eigenvalue weighted by atomic mass is 16.6. The Bertz CT molecular complexity index is 259. The summed E-state index contributed by atoms with van der Waals surface area (Å²) in [5.41, 5.74) is 0. The van der Waals surface area contributed by atoms with Crippen LogP contribution in [0, 0.1) is 5.92 Å². The van der Waals surface area contributed by atoms with Crippen molar-refractivity contribution in [3.63, 3.8) is 0 Å². The number of carbonyl (C=O) groups excluding carboxylic acids is 2. The molecule has 0 aromatic heterocycles. The Kier molecular flexibility index (Phi) is 4.49. The van der Waals surface area contributed by atoms with E-state index in [9.17, 15) is 9.59 Å². The molecule has 0 radical (unpaired) electrons. The maximum absolute atomic E-state index is 10.7. The lowest BCUT2D eigenvalue weighted by Gasteiger charge is -2.24. The number of ether oxygens (including phenoxy) is 2. The second kappa shape index (κ2) is 5.66. The molecule has 15 heavy (non-hydrogen) atoms. The number of aldehydes is 1. The summed E-state index contributed by atoms with van der Waals surface area (Å²) in [7, 11) is 0. The van der Waals surface area contributed by atoms with Gasteiger partial charge in [-0.15, -0.1) is 0 Å². The number of hydrogen-bond donors (Lipinski definition) is 0. The van der Waals surface area contributed by atoms with Gasteiger partial charge in [-0.2, -0.15) is 0 Å². The van der Waals surface area contributed by atoms with E-state index in [1.807, 2.05) is 19.1 Å². The van der Waals surface area contributed by atoms with E-state index in [0.29, 0.717) is 13.0 Å². The first kappa shape index (κ1) is 11.9. The first-order valence-corrected chi connectivity index (χ1v) is 5.04. The molecule has 0 spiro atoms. The van der Waals surface area contributed by atoms with Gasteiger partial charge in [-0.05, 0) is 12.5 Å². The van der Waals surface area contributed by atoms with Crippen LogP contribution in [0.2, 0.25) is 0 Å². The van der Waals surface area contributed by atoms with E-state index in [2.05, 4.69) is 0 Å². The average Bonchev–Trinajstić information content (AvgIpc) is 2.20. The first-order chi connectivity index (χ1) is 7.11. The molecule has 0 saturated carbocycles. The van der Waals surface area contributed by atoms with Gasteiger partial charge in [0, 0.05) is 12.8 Å². The molecule has 0 bridgehead atoms. The van der Waals surface area contributed by atoms with E-state index in [0.717, 1.165) is 6.29 Å². The van der Waals surface area contributed by atoms with Crippen LogP contribution in [0.15, 0.2) is 12.2 Å². The van der Waals surface area contributed by atoms with Gasteiger partial charge in [-0.25, -0.2) is 0 Å². The molecule has 0 amide bonds. The Morgan fingerprint density at radius 3 is 2.87 bits per heavy atom. The average molecular weight is 212 g/mol. The van der Waals surface area contributed by atoms with Crippen molar-refractivity contribution < 1.29 is 19.1 Å². The lowest BCUT2D eigenvalue weighted by atomic mass is 10.0. The molecule has 0 unspecified atom stereocenters. The third-order valence-corrected chi connectivity index (χ3v) is 2.17. The molecule has 1 heterocycles. The van der Waals surface area contributed by atoms with E-state index < -0.39 is 0 Å². The zero-order valence-corrected chi connectivity index (χ0v) is 9.01. The minimum Gasteiger partial charge on any atom is -0.456 e. The van der Waals surface area contributed by atoms with Crippen LogP contribution in [0.4, 0.5) is 0 Å². The number of esters is 1. The van der Waals surface area contributed by atoms with Gasteiger partial charge in [0.1, 0.15) is 12.4 Å². The molecule has 84 valence electrons. The van der Waals surface area contributed by atoms with E-state index in [1.165, 1.54) is 6.92 Å². The summed E-state index contributed by atoms with van der Waals surface area (Å²) in [5, 5.41) is 0. The topological polar surface area (TPSA) is 52.6 Å². The van der Waals surface area contributed by atoms with Crippen LogP contribution < -0.4 is 0 Å². The molecule has 0 saturated heterocycles. The van der Waals surface area contributed by atoms with Crippen molar-refractivity contribution in [3.8, 4) is 0 Å². The summed E-state index contributed by atoms with van der Waals surface area (Å²) in [5.74, 6) is -0.321. The summed E-state index contributed by atoms with van der Waals surface area (Å²) >= 11 is 0. The van der Waals surface area contributed by atoms with Gasteiger partial charge in [0.25, 0.3) is 0 Å². The summed E-state index contributed by atoms with van der Waals surface area (Å²) in [6.07, 6.45) is 4.91. The standard InChI is InChI=1S/C11H16O4/c1-8(6-12)5-10-3-4-11(7-14-10)15-9(2)13/h3-4,6,8,10-11H,5,7H2,1-2H3/t8-,10+,11+/m1/s1. The highest BCUT2D eigenvalue weighted by molar-refractivity contribution is 5.66. The summed E-state index contributed by atoms with van der Waals surface area (Å²) in [4.78, 5) is 21.1. The molecule has 0 aromatic rings. The van der Waals surface area contributed by atoms with Crippen LogP contribution in [0.25, 0.3) is 0 Å². The number of carbonyl (C=O) groups is 2. The zero-order valence-electron chi connectivity index (χ0n) is 9.01. The molecule has 4 nitrogen and oxygen atoms in total. The molecule has 4 heteroatoms. The molecule has 1 rings (SSSR count). The van der Waals surface area contributed by atoms with Crippen LogP contribution in [0.1, 0.15) is 20.3 Å². The van der Waals surface area contributed by atoms with Gasteiger partial charge in [-0.3, -0.25) is 4.79 Å². The van der Waals surface area contributed by atoms with Gasteiger partial charge in [0.15, 0.2) is 0 Å². The fourth-order valence-electron chi connectivity index (χ4n) is 1.43. The van der Waals surface area contributed by atoms with Crippen molar-refractivity contribution in [1.29, 1.82) is 0 Å². The second-order valence-electron chi connectivity index (χ2n) is 3.75. The fraction of sp³-hybridized carbons (Fsp3) is 0.636. The molecule has 1 aliphatic rings.